The van der Waals surface area contributed by atoms with Gasteiger partial charge in [-0.2, -0.15) is 0 Å². The highest BCUT2D eigenvalue weighted by Gasteiger charge is 2.46. The molecule has 2 heterocycles. The zero-order valence-corrected chi connectivity index (χ0v) is 10.8. The molecule has 2 saturated heterocycles. The molecule has 18 heavy (non-hydrogen) atoms. The predicted molar refractivity (Wildman–Crippen MR) is 68.1 cm³/mol. The van der Waals surface area contributed by atoms with Gasteiger partial charge in [-0.15, -0.1) is 0 Å². The molecule has 3 atom stereocenters. The highest BCUT2D eigenvalue weighted by molar-refractivity contribution is 7.90. The average molecular weight is 265 g/mol. The molecular weight excluding hydrogens is 250 g/mol. The van der Waals surface area contributed by atoms with Gasteiger partial charge in [0.05, 0.1) is 13.0 Å². The number of ether oxygens (including phenoxy) is 1. The first kappa shape index (κ1) is 12.0. The molecule has 0 N–H and O–H groups in total. The number of benzene rings is 1. The van der Waals surface area contributed by atoms with Crippen LogP contribution in [0.4, 0.5) is 0 Å². The second kappa shape index (κ2) is 4.91. The van der Waals surface area contributed by atoms with E-state index < -0.39 is 11.2 Å². The van der Waals surface area contributed by atoms with Gasteiger partial charge >= 0.3 is 0 Å². The van der Waals surface area contributed by atoms with Crippen LogP contribution in [0.2, 0.25) is 0 Å². The number of rotatable bonds is 4. The summed E-state index contributed by atoms with van der Waals surface area (Å²) in [6.07, 6.45) is 0.379. The normalized spacial score (nSPS) is 27.8. The molecule has 1 aromatic rings. The molecule has 0 spiro atoms. The third kappa shape index (κ3) is 2.39. The Balaban J connectivity index is 1.50. The van der Waals surface area contributed by atoms with Crippen LogP contribution in [0.1, 0.15) is 12.0 Å². The van der Waals surface area contributed by atoms with Crippen LogP contribution in [-0.4, -0.2) is 40.0 Å². The Morgan fingerprint density at radius 2 is 2.17 bits per heavy atom. The van der Waals surface area contributed by atoms with Gasteiger partial charge in [-0.25, -0.2) is 0 Å². The molecular formula is C13H15NO3S. The lowest BCUT2D eigenvalue weighted by atomic mass is 10.2. The molecule has 2 aliphatic rings. The summed E-state index contributed by atoms with van der Waals surface area (Å²) in [5.41, 5.74) is 1.08. The number of hydrogen-bond donors (Lipinski definition) is 0. The summed E-state index contributed by atoms with van der Waals surface area (Å²) >= 11 is -0.937. The fraction of sp³-hybridized carbons (Fsp3) is 0.462. The van der Waals surface area contributed by atoms with Crippen molar-refractivity contribution in [2.24, 2.45) is 0 Å². The molecule has 0 radical (unpaired) electrons. The zero-order chi connectivity index (χ0) is 12.5. The van der Waals surface area contributed by atoms with E-state index in [4.69, 9.17) is 4.74 Å². The van der Waals surface area contributed by atoms with Crippen molar-refractivity contribution in [1.82, 2.24) is 4.90 Å². The summed E-state index contributed by atoms with van der Waals surface area (Å²) in [6.45, 7) is 0.601. The molecule has 1 amide bonds. The molecule has 3 rings (SSSR count). The van der Waals surface area contributed by atoms with Gasteiger partial charge in [0, 0.05) is 5.56 Å². The van der Waals surface area contributed by atoms with Crippen molar-refractivity contribution in [1.29, 1.82) is 0 Å². The standard InChI is InChI=1S/C13H15NO3S/c15-12-6-13-14(12)7-11(17-13)9-18(16)8-10-4-2-1-3-5-10/h1-5,11,13H,6-9H2. The number of hydrogen-bond acceptors (Lipinski definition) is 3. The molecule has 0 saturated carbocycles. The van der Waals surface area contributed by atoms with Gasteiger partial charge in [0.15, 0.2) is 0 Å². The highest BCUT2D eigenvalue weighted by atomic mass is 32.2. The second-order valence-corrected chi connectivity index (χ2v) is 6.20. The van der Waals surface area contributed by atoms with Crippen molar-refractivity contribution in [3.05, 3.63) is 35.9 Å². The summed E-state index contributed by atoms with van der Waals surface area (Å²) in [7, 11) is 0. The maximum atomic E-state index is 12.0. The van der Waals surface area contributed by atoms with E-state index in [2.05, 4.69) is 0 Å². The van der Waals surface area contributed by atoms with Gasteiger partial charge in [-0.05, 0) is 11.2 Å². The smallest absolute Gasteiger partial charge is 0.229 e. The maximum Gasteiger partial charge on any atom is 0.229 e. The fourth-order valence-electron chi connectivity index (χ4n) is 2.37. The molecule has 4 nitrogen and oxygen atoms in total. The first-order chi connectivity index (χ1) is 8.72. The van der Waals surface area contributed by atoms with E-state index >= 15 is 0 Å². The minimum Gasteiger partial charge on any atom is -0.616 e. The van der Waals surface area contributed by atoms with Crippen LogP contribution in [-0.2, 0) is 26.5 Å². The Morgan fingerprint density at radius 1 is 1.39 bits per heavy atom. The lowest BCUT2D eigenvalue weighted by Gasteiger charge is -2.31. The monoisotopic (exact) mass is 265 g/mol. The summed E-state index contributed by atoms with van der Waals surface area (Å²) < 4.78 is 17.7. The van der Waals surface area contributed by atoms with Crippen LogP contribution in [0.5, 0.6) is 0 Å². The van der Waals surface area contributed by atoms with Crippen molar-refractivity contribution in [2.75, 3.05) is 12.3 Å². The van der Waals surface area contributed by atoms with E-state index in [0.29, 0.717) is 24.5 Å². The second-order valence-electron chi connectivity index (χ2n) is 4.70. The summed E-state index contributed by atoms with van der Waals surface area (Å²) in [6, 6.07) is 9.80. The van der Waals surface area contributed by atoms with Crippen molar-refractivity contribution in [2.45, 2.75) is 24.5 Å². The quantitative estimate of drug-likeness (QED) is 0.600. The lowest BCUT2D eigenvalue weighted by Crippen LogP contribution is -2.48. The topological polar surface area (TPSA) is 52.6 Å². The van der Waals surface area contributed by atoms with E-state index in [9.17, 15) is 9.35 Å². The number of fused-ring (bicyclic) bond motifs is 1. The van der Waals surface area contributed by atoms with E-state index in [1.807, 2.05) is 30.3 Å². The van der Waals surface area contributed by atoms with Crippen molar-refractivity contribution >= 4 is 17.1 Å². The van der Waals surface area contributed by atoms with Crippen LogP contribution < -0.4 is 0 Å². The van der Waals surface area contributed by atoms with Crippen LogP contribution in [0.25, 0.3) is 0 Å². The lowest BCUT2D eigenvalue weighted by molar-refractivity contribution is -0.156. The summed E-state index contributed by atoms with van der Waals surface area (Å²) in [4.78, 5) is 12.9. The third-order valence-electron chi connectivity index (χ3n) is 3.31. The van der Waals surface area contributed by atoms with Crippen LogP contribution >= 0.6 is 0 Å². The van der Waals surface area contributed by atoms with E-state index in [1.165, 1.54) is 0 Å². The molecule has 2 aliphatic heterocycles. The summed E-state index contributed by atoms with van der Waals surface area (Å²) in [5, 5.41) is 0. The third-order valence-corrected chi connectivity index (χ3v) is 4.71. The first-order valence-corrected chi connectivity index (χ1v) is 7.55. The Hall–Kier alpha value is -1.04. The molecule has 0 aromatic heterocycles. The maximum absolute atomic E-state index is 12.0. The van der Waals surface area contributed by atoms with Gasteiger partial charge in [0.1, 0.15) is 23.8 Å². The van der Waals surface area contributed by atoms with E-state index in [-0.39, 0.29) is 18.2 Å². The van der Waals surface area contributed by atoms with Crippen LogP contribution in [0, 0.1) is 0 Å². The molecule has 0 bridgehead atoms. The largest absolute Gasteiger partial charge is 0.616 e. The Morgan fingerprint density at radius 3 is 2.83 bits per heavy atom. The van der Waals surface area contributed by atoms with Crippen molar-refractivity contribution in [3.63, 3.8) is 0 Å². The minimum absolute atomic E-state index is 0.0452. The Bertz CT molecular complexity index is 439. The predicted octanol–water partition coefficient (Wildman–Crippen LogP) is 0.892. The number of carbonyl (C=O) groups is 1. The Kier molecular flexibility index (Phi) is 3.28. The van der Waals surface area contributed by atoms with Crippen molar-refractivity contribution in [3.8, 4) is 0 Å². The number of nitrogens with zero attached hydrogens (tertiary/aromatic N) is 1. The highest BCUT2D eigenvalue weighted by Crippen LogP contribution is 2.29. The zero-order valence-electron chi connectivity index (χ0n) is 9.95. The fourth-order valence-corrected chi connectivity index (χ4v) is 3.65. The molecule has 0 aliphatic carbocycles. The van der Waals surface area contributed by atoms with Crippen molar-refractivity contribution < 1.29 is 14.1 Å². The molecule has 1 aromatic carbocycles. The molecule has 3 unspecified atom stereocenters. The molecule has 5 heteroatoms. The van der Waals surface area contributed by atoms with Crippen LogP contribution in [0.3, 0.4) is 0 Å². The van der Waals surface area contributed by atoms with Gasteiger partial charge in [0.25, 0.3) is 0 Å². The number of carbonyl (C=O) groups excluding carboxylic acids is 1. The molecule has 2 fully saturated rings. The van der Waals surface area contributed by atoms with Gasteiger partial charge in [-0.1, -0.05) is 30.3 Å². The first-order valence-electron chi connectivity index (χ1n) is 6.06. The van der Waals surface area contributed by atoms with Gasteiger partial charge in [-0.3, -0.25) is 4.79 Å². The number of amides is 1. The van der Waals surface area contributed by atoms with E-state index in [0.717, 1.165) is 5.56 Å². The van der Waals surface area contributed by atoms with Crippen LogP contribution in [0.15, 0.2) is 30.3 Å². The average Bonchev–Trinajstić information content (AvgIpc) is 2.67. The summed E-state index contributed by atoms with van der Waals surface area (Å²) in [5.74, 6) is 1.21. The number of β-lactam (4-membered cyclic amide) rings is 1. The van der Waals surface area contributed by atoms with E-state index in [1.54, 1.807) is 4.90 Å². The minimum atomic E-state index is -0.937. The SMILES string of the molecule is O=C1CC2OC(C[S+]([O-])Cc3ccccc3)CN12. The van der Waals surface area contributed by atoms with Gasteiger partial charge in [0.2, 0.25) is 5.91 Å². The Labute approximate surface area is 109 Å². The molecule has 96 valence electrons. The van der Waals surface area contributed by atoms with Gasteiger partial charge < -0.3 is 14.2 Å².